The van der Waals surface area contributed by atoms with Crippen LogP contribution in [0.5, 0.6) is 0 Å². The van der Waals surface area contributed by atoms with Crippen LogP contribution in [0.1, 0.15) is 12.5 Å². The third-order valence-corrected chi connectivity index (χ3v) is 3.99. The monoisotopic (exact) mass is 388 g/mol. The summed E-state index contributed by atoms with van der Waals surface area (Å²) in [5.41, 5.74) is 7.96. The van der Waals surface area contributed by atoms with Crippen LogP contribution in [0.4, 0.5) is 4.39 Å². The molecule has 0 saturated carbocycles. The average molecular weight is 389 g/mol. The number of nitrogens with two attached hydrogens (primary N) is 1. The van der Waals surface area contributed by atoms with Gasteiger partial charge in [-0.2, -0.15) is 0 Å². The molecular weight excluding hydrogens is 371 g/mol. The van der Waals surface area contributed by atoms with E-state index in [1.54, 1.807) is 30.3 Å². The van der Waals surface area contributed by atoms with Crippen LogP contribution >= 0.6 is 11.6 Å². The van der Waals surface area contributed by atoms with Crippen LogP contribution in [0, 0.1) is 5.82 Å². The maximum absolute atomic E-state index is 14.1. The van der Waals surface area contributed by atoms with Gasteiger partial charge in [0.05, 0.1) is 17.3 Å². The Hall–Kier alpha value is -2.93. The fourth-order valence-electron chi connectivity index (χ4n) is 2.45. The molecule has 6 nitrogen and oxygen atoms in total. The van der Waals surface area contributed by atoms with Crippen LogP contribution in [0.25, 0.3) is 22.7 Å². The Morgan fingerprint density at radius 3 is 2.85 bits per heavy atom. The first-order valence-electron chi connectivity index (χ1n) is 8.37. The minimum Gasteiger partial charge on any atom is -0.465 e. The molecule has 0 radical (unpaired) electrons. The van der Waals surface area contributed by atoms with Crippen molar-refractivity contribution in [2.45, 2.75) is 13.3 Å². The van der Waals surface area contributed by atoms with Crippen LogP contribution in [0.3, 0.4) is 0 Å². The number of hydrogen-bond donors (Lipinski definition) is 1. The summed E-state index contributed by atoms with van der Waals surface area (Å²) in [5, 5.41) is 4.56. The Bertz CT molecular complexity index is 941. The number of hydrogen-bond acceptors (Lipinski definition) is 5. The number of ether oxygens (including phenoxy) is 1. The Morgan fingerprint density at radius 1 is 1.26 bits per heavy atom. The SMILES string of the molecule is CCN=C(N)OCCc1cc(-c2cc(-c3ccc(Cl)cn3)no2)ccc1F. The van der Waals surface area contributed by atoms with Crippen molar-refractivity contribution in [1.82, 2.24) is 10.1 Å². The van der Waals surface area contributed by atoms with E-state index in [2.05, 4.69) is 15.1 Å². The average Bonchev–Trinajstić information content (AvgIpc) is 3.14. The Morgan fingerprint density at radius 2 is 2.11 bits per heavy atom. The molecule has 0 aliphatic carbocycles. The van der Waals surface area contributed by atoms with Gasteiger partial charge in [-0.05, 0) is 42.8 Å². The number of amidine groups is 1. The van der Waals surface area contributed by atoms with Crippen LogP contribution in [-0.4, -0.2) is 29.3 Å². The molecular formula is C19H18ClFN4O2. The molecule has 0 bridgehead atoms. The van der Waals surface area contributed by atoms with Gasteiger partial charge in [0, 0.05) is 30.8 Å². The maximum Gasteiger partial charge on any atom is 0.281 e. The quantitative estimate of drug-likeness (QED) is 0.507. The minimum atomic E-state index is -0.326. The molecule has 0 aliphatic rings. The molecule has 3 aromatic rings. The summed E-state index contributed by atoms with van der Waals surface area (Å²) in [4.78, 5) is 8.13. The van der Waals surface area contributed by atoms with Crippen molar-refractivity contribution in [1.29, 1.82) is 0 Å². The molecule has 0 aliphatic heterocycles. The van der Waals surface area contributed by atoms with Gasteiger partial charge in [0.2, 0.25) is 0 Å². The molecule has 0 spiro atoms. The molecule has 8 heteroatoms. The Labute approximate surface area is 160 Å². The molecule has 0 fully saturated rings. The van der Waals surface area contributed by atoms with Crippen molar-refractivity contribution in [2.75, 3.05) is 13.2 Å². The van der Waals surface area contributed by atoms with Gasteiger partial charge in [-0.3, -0.25) is 4.98 Å². The number of aliphatic imine (C=N–C) groups is 1. The zero-order valence-electron chi connectivity index (χ0n) is 14.7. The predicted octanol–water partition coefficient (Wildman–Crippen LogP) is 4.09. The largest absolute Gasteiger partial charge is 0.465 e. The Kier molecular flexibility index (Phi) is 6.03. The van der Waals surface area contributed by atoms with Crippen molar-refractivity contribution >= 4 is 17.6 Å². The molecule has 140 valence electrons. The van der Waals surface area contributed by atoms with Gasteiger partial charge in [0.15, 0.2) is 5.76 Å². The fraction of sp³-hybridized carbons (Fsp3) is 0.211. The number of aromatic nitrogens is 2. The van der Waals surface area contributed by atoms with Gasteiger partial charge in [0.25, 0.3) is 6.02 Å². The first kappa shape index (κ1) is 18.8. The van der Waals surface area contributed by atoms with Crippen molar-refractivity contribution in [3.63, 3.8) is 0 Å². The van der Waals surface area contributed by atoms with E-state index in [0.717, 1.165) is 0 Å². The van der Waals surface area contributed by atoms with E-state index in [4.69, 9.17) is 26.6 Å². The molecule has 2 aromatic heterocycles. The predicted molar refractivity (Wildman–Crippen MR) is 102 cm³/mol. The second kappa shape index (κ2) is 8.64. The molecule has 27 heavy (non-hydrogen) atoms. The Balaban J connectivity index is 1.75. The fourth-order valence-corrected chi connectivity index (χ4v) is 2.56. The highest BCUT2D eigenvalue weighted by molar-refractivity contribution is 6.30. The van der Waals surface area contributed by atoms with Gasteiger partial charge in [-0.1, -0.05) is 16.8 Å². The van der Waals surface area contributed by atoms with Crippen molar-refractivity contribution in [3.8, 4) is 22.7 Å². The second-order valence-corrected chi connectivity index (χ2v) is 6.09. The van der Waals surface area contributed by atoms with Crippen LogP contribution < -0.4 is 5.73 Å². The highest BCUT2D eigenvalue weighted by Gasteiger charge is 2.12. The summed E-state index contributed by atoms with van der Waals surface area (Å²) in [7, 11) is 0. The number of rotatable bonds is 6. The number of pyridine rings is 1. The molecule has 2 N–H and O–H groups in total. The van der Waals surface area contributed by atoms with E-state index < -0.39 is 0 Å². The number of benzene rings is 1. The first-order valence-corrected chi connectivity index (χ1v) is 8.74. The summed E-state index contributed by atoms with van der Waals surface area (Å²) < 4.78 is 24.7. The topological polar surface area (TPSA) is 86.5 Å². The molecule has 0 saturated heterocycles. The summed E-state index contributed by atoms with van der Waals surface area (Å²) in [5.74, 6) is 0.184. The van der Waals surface area contributed by atoms with Gasteiger partial charge < -0.3 is 15.0 Å². The van der Waals surface area contributed by atoms with Crippen molar-refractivity contribution in [3.05, 3.63) is 59.0 Å². The molecule has 2 heterocycles. The summed E-state index contributed by atoms with van der Waals surface area (Å²) >= 11 is 5.84. The van der Waals surface area contributed by atoms with Crippen LogP contribution in [0.15, 0.2) is 52.1 Å². The maximum atomic E-state index is 14.1. The lowest BCUT2D eigenvalue weighted by Crippen LogP contribution is -2.18. The van der Waals surface area contributed by atoms with E-state index in [1.807, 2.05) is 6.92 Å². The zero-order chi connectivity index (χ0) is 19.2. The second-order valence-electron chi connectivity index (χ2n) is 5.66. The van der Waals surface area contributed by atoms with Crippen molar-refractivity contribution < 1.29 is 13.7 Å². The van der Waals surface area contributed by atoms with Gasteiger partial charge in [-0.25, -0.2) is 9.38 Å². The van der Waals surface area contributed by atoms with Crippen LogP contribution in [0.2, 0.25) is 5.02 Å². The van der Waals surface area contributed by atoms with Crippen molar-refractivity contribution in [2.24, 2.45) is 10.7 Å². The van der Waals surface area contributed by atoms with Crippen LogP contribution in [-0.2, 0) is 11.2 Å². The minimum absolute atomic E-state index is 0.101. The number of nitrogens with zero attached hydrogens (tertiary/aromatic N) is 3. The van der Waals surface area contributed by atoms with Gasteiger partial charge in [0.1, 0.15) is 11.5 Å². The highest BCUT2D eigenvalue weighted by atomic mass is 35.5. The molecule has 1 aromatic carbocycles. The summed E-state index contributed by atoms with van der Waals surface area (Å²) in [6.07, 6.45) is 1.88. The number of halogens is 2. The summed E-state index contributed by atoms with van der Waals surface area (Å²) in [6.45, 7) is 2.61. The molecule has 3 rings (SSSR count). The smallest absolute Gasteiger partial charge is 0.281 e. The highest BCUT2D eigenvalue weighted by Crippen LogP contribution is 2.27. The molecule has 0 atom stereocenters. The zero-order valence-corrected chi connectivity index (χ0v) is 15.4. The lowest BCUT2D eigenvalue weighted by molar-refractivity contribution is 0.301. The lowest BCUT2D eigenvalue weighted by Gasteiger charge is -2.07. The normalized spacial score (nSPS) is 11.6. The van der Waals surface area contributed by atoms with E-state index in [1.165, 1.54) is 12.3 Å². The van der Waals surface area contributed by atoms with E-state index in [9.17, 15) is 4.39 Å². The van der Waals surface area contributed by atoms with E-state index >= 15 is 0 Å². The standard InChI is InChI=1S/C19H18ClFN4O2/c1-2-23-19(22)26-8-7-12-9-13(3-5-15(12)21)18-10-17(25-27-18)16-6-4-14(20)11-24-16/h3-6,9-11H,2,7-8H2,1H3,(H2,22,23). The lowest BCUT2D eigenvalue weighted by atomic mass is 10.1. The summed E-state index contributed by atoms with van der Waals surface area (Å²) in [6, 6.07) is 10.0. The molecule has 0 amide bonds. The first-order chi connectivity index (χ1) is 13.1. The third kappa shape index (κ3) is 4.83. The third-order valence-electron chi connectivity index (χ3n) is 3.77. The van der Waals surface area contributed by atoms with Gasteiger partial charge in [-0.15, -0.1) is 0 Å². The van der Waals surface area contributed by atoms with E-state index in [-0.39, 0.29) is 18.4 Å². The molecule has 0 unspecified atom stereocenters. The van der Waals surface area contributed by atoms with Gasteiger partial charge >= 0.3 is 0 Å². The van der Waals surface area contributed by atoms with E-state index in [0.29, 0.717) is 46.3 Å².